The zero-order chi connectivity index (χ0) is 8.85. The van der Waals surface area contributed by atoms with Crippen LogP contribution >= 0.6 is 10.5 Å². The first kappa shape index (κ1) is 10.5. The Labute approximate surface area is 70.3 Å². The van der Waals surface area contributed by atoms with Crippen LogP contribution in [-0.4, -0.2) is 49.6 Å². The highest BCUT2D eigenvalue weighted by Gasteiger charge is 2.02. The molecule has 0 N–H and O–H groups in total. The van der Waals surface area contributed by atoms with Crippen molar-refractivity contribution in [2.75, 3.05) is 32.7 Å². The molecule has 0 spiro atoms. The molecule has 3 nitrogen and oxygen atoms in total. The first-order valence-electron chi connectivity index (χ1n) is 3.30. The Morgan fingerprint density at radius 1 is 1.64 bits per heavy atom. The van der Waals surface area contributed by atoms with E-state index in [1.54, 1.807) is 14.1 Å². The summed E-state index contributed by atoms with van der Waals surface area (Å²) in [4.78, 5) is 12.2. The van der Waals surface area contributed by atoms with E-state index in [1.807, 2.05) is 6.26 Å². The van der Waals surface area contributed by atoms with Crippen LogP contribution in [-0.2, 0) is 4.74 Å². The van der Waals surface area contributed by atoms with Crippen molar-refractivity contribution in [2.24, 2.45) is 0 Å². The minimum Gasteiger partial charge on any atom is -0.449 e. The quantitative estimate of drug-likeness (QED) is 0.602. The number of hydrogen-bond donors (Lipinski definition) is 0. The second kappa shape index (κ2) is 5.18. The fourth-order valence-electron chi connectivity index (χ4n) is 0.400. The van der Waals surface area contributed by atoms with Gasteiger partial charge in [0.05, 0.1) is 0 Å². The van der Waals surface area contributed by atoms with E-state index in [-0.39, 0.29) is 16.6 Å². The van der Waals surface area contributed by atoms with Crippen molar-refractivity contribution in [1.82, 2.24) is 4.90 Å². The fraction of sp³-hybridized carbons (Fsp3) is 0.714. The maximum atomic E-state index is 10.8. The van der Waals surface area contributed by atoms with Crippen LogP contribution in [0.15, 0.2) is 0 Å². The summed E-state index contributed by atoms with van der Waals surface area (Å²) >= 11 is 0. The lowest BCUT2D eigenvalue weighted by molar-refractivity contribution is 0.125. The standard InChI is InChI=1S/C7H15NO2S/c1-8(2)7(9)10-5-6-11(3)4/h3,5-6H2,1-2,4H3. The van der Waals surface area contributed by atoms with Crippen LogP contribution in [0.1, 0.15) is 0 Å². The first-order chi connectivity index (χ1) is 5.04. The Balaban J connectivity index is 3.39. The van der Waals surface area contributed by atoms with E-state index < -0.39 is 0 Å². The maximum absolute atomic E-state index is 10.8. The van der Waals surface area contributed by atoms with Crippen LogP contribution in [0.4, 0.5) is 4.79 Å². The SMILES string of the molecule is C=S(C)CCOC(=O)N(C)C. The fourth-order valence-corrected chi connectivity index (χ4v) is 0.768. The van der Waals surface area contributed by atoms with E-state index in [4.69, 9.17) is 4.74 Å². The monoisotopic (exact) mass is 177 g/mol. The van der Waals surface area contributed by atoms with Crippen LogP contribution in [0.3, 0.4) is 0 Å². The molecule has 0 saturated heterocycles. The highest BCUT2D eigenvalue weighted by Crippen LogP contribution is 2.00. The number of ether oxygens (including phenoxy) is 1. The topological polar surface area (TPSA) is 29.5 Å². The van der Waals surface area contributed by atoms with Crippen molar-refractivity contribution in [2.45, 2.75) is 0 Å². The number of amides is 1. The number of hydrogen-bond acceptors (Lipinski definition) is 2. The van der Waals surface area contributed by atoms with Crippen molar-refractivity contribution in [1.29, 1.82) is 0 Å². The van der Waals surface area contributed by atoms with Gasteiger partial charge in [-0.15, -0.1) is 0 Å². The minimum absolute atomic E-state index is 0.109. The Morgan fingerprint density at radius 3 is 2.55 bits per heavy atom. The molecule has 0 fully saturated rings. The van der Waals surface area contributed by atoms with Gasteiger partial charge in [0.25, 0.3) is 0 Å². The van der Waals surface area contributed by atoms with Crippen molar-refractivity contribution >= 4 is 22.4 Å². The van der Waals surface area contributed by atoms with E-state index in [0.717, 1.165) is 5.75 Å². The lowest BCUT2D eigenvalue weighted by Gasteiger charge is -2.10. The molecule has 0 aromatic heterocycles. The van der Waals surface area contributed by atoms with Crippen LogP contribution in [0.5, 0.6) is 0 Å². The summed E-state index contributed by atoms with van der Waals surface area (Å²) in [5.41, 5.74) is 0. The van der Waals surface area contributed by atoms with Gasteiger partial charge in [0.15, 0.2) is 0 Å². The normalized spacial score (nSPS) is 12.3. The molecular weight excluding hydrogens is 162 g/mol. The molecule has 0 heterocycles. The lowest BCUT2D eigenvalue weighted by Crippen LogP contribution is -2.23. The molecule has 1 atom stereocenters. The van der Waals surface area contributed by atoms with Crippen LogP contribution in [0, 0.1) is 0 Å². The summed E-state index contributed by atoms with van der Waals surface area (Å²) in [6, 6.07) is 0. The molecule has 0 bridgehead atoms. The molecule has 0 aromatic carbocycles. The molecule has 1 amide bonds. The van der Waals surface area contributed by atoms with Crippen molar-refractivity contribution in [3.8, 4) is 0 Å². The molecule has 1 unspecified atom stereocenters. The van der Waals surface area contributed by atoms with E-state index in [0.29, 0.717) is 6.61 Å². The van der Waals surface area contributed by atoms with Gasteiger partial charge < -0.3 is 9.64 Å². The third-order valence-electron chi connectivity index (χ3n) is 1.02. The van der Waals surface area contributed by atoms with Gasteiger partial charge in [0.1, 0.15) is 6.61 Å². The predicted octanol–water partition coefficient (Wildman–Crippen LogP) is 1.02. The Bertz CT molecular complexity index is 157. The number of rotatable bonds is 3. The maximum Gasteiger partial charge on any atom is 0.409 e. The van der Waals surface area contributed by atoms with Gasteiger partial charge in [-0.3, -0.25) is 0 Å². The highest BCUT2D eigenvalue weighted by molar-refractivity contribution is 8.13. The molecule has 66 valence electrons. The van der Waals surface area contributed by atoms with Gasteiger partial charge in [-0.2, -0.15) is 10.5 Å². The molecule has 0 aliphatic carbocycles. The van der Waals surface area contributed by atoms with Crippen molar-refractivity contribution < 1.29 is 9.53 Å². The van der Waals surface area contributed by atoms with Crippen LogP contribution in [0.25, 0.3) is 0 Å². The van der Waals surface area contributed by atoms with E-state index in [1.165, 1.54) is 4.90 Å². The van der Waals surface area contributed by atoms with Crippen molar-refractivity contribution in [3.05, 3.63) is 0 Å². The third-order valence-corrected chi connectivity index (χ3v) is 1.89. The molecule has 0 rings (SSSR count). The van der Waals surface area contributed by atoms with E-state index in [9.17, 15) is 4.79 Å². The van der Waals surface area contributed by atoms with Gasteiger partial charge in [-0.25, -0.2) is 4.79 Å². The average molecular weight is 177 g/mol. The van der Waals surface area contributed by atoms with Gasteiger partial charge in [-0.1, -0.05) is 5.87 Å². The zero-order valence-corrected chi connectivity index (χ0v) is 8.11. The molecule has 0 aliphatic rings. The molecule has 0 aromatic rings. The summed E-state index contributed by atoms with van der Waals surface area (Å²) < 4.78 is 4.87. The molecular formula is C7H15NO2S. The second-order valence-electron chi connectivity index (χ2n) is 2.49. The Morgan fingerprint density at radius 2 is 2.18 bits per heavy atom. The Hall–Kier alpha value is -0.510. The summed E-state index contributed by atoms with van der Waals surface area (Å²) in [6.45, 7) is 0.472. The molecule has 0 aliphatic heterocycles. The first-order valence-corrected chi connectivity index (χ1v) is 5.27. The van der Waals surface area contributed by atoms with Crippen LogP contribution < -0.4 is 0 Å². The van der Waals surface area contributed by atoms with E-state index in [2.05, 4.69) is 5.87 Å². The van der Waals surface area contributed by atoms with E-state index >= 15 is 0 Å². The lowest BCUT2D eigenvalue weighted by atomic mass is 10.8. The second-order valence-corrected chi connectivity index (χ2v) is 4.47. The molecule has 0 radical (unpaired) electrons. The number of carbonyl (C=O) groups is 1. The largest absolute Gasteiger partial charge is 0.449 e. The summed E-state index contributed by atoms with van der Waals surface area (Å²) in [5, 5.41) is 0. The number of nitrogens with zero attached hydrogens (tertiary/aromatic N) is 1. The van der Waals surface area contributed by atoms with Gasteiger partial charge in [0.2, 0.25) is 0 Å². The number of carbonyl (C=O) groups excluding carboxylic acids is 1. The van der Waals surface area contributed by atoms with Gasteiger partial charge in [0, 0.05) is 19.8 Å². The summed E-state index contributed by atoms with van der Waals surface area (Å²) in [7, 11) is 3.44. The van der Waals surface area contributed by atoms with Gasteiger partial charge >= 0.3 is 6.09 Å². The van der Waals surface area contributed by atoms with Crippen molar-refractivity contribution in [3.63, 3.8) is 0 Å². The molecule has 4 heteroatoms. The third kappa shape index (κ3) is 5.91. The van der Waals surface area contributed by atoms with Crippen LogP contribution in [0.2, 0.25) is 0 Å². The molecule has 0 saturated carbocycles. The summed E-state index contributed by atoms with van der Waals surface area (Å²) in [6.07, 6.45) is 1.74. The van der Waals surface area contributed by atoms with Gasteiger partial charge in [-0.05, 0) is 6.26 Å². The average Bonchev–Trinajstić information content (AvgIpc) is 1.86. The predicted molar refractivity (Wildman–Crippen MR) is 50.5 cm³/mol. The Kier molecular flexibility index (Phi) is 4.94. The summed E-state index contributed by atoms with van der Waals surface area (Å²) in [5.74, 6) is 4.65. The highest BCUT2D eigenvalue weighted by atomic mass is 32.2. The smallest absolute Gasteiger partial charge is 0.409 e. The molecule has 11 heavy (non-hydrogen) atoms. The zero-order valence-electron chi connectivity index (χ0n) is 7.29. The minimum atomic E-state index is -0.282.